The van der Waals surface area contributed by atoms with Crippen LogP contribution in [0.25, 0.3) is 55.3 Å². The Labute approximate surface area is 331 Å². The lowest BCUT2D eigenvalue weighted by atomic mass is 9.78. The summed E-state index contributed by atoms with van der Waals surface area (Å²) in [6.45, 7) is 4.86. The Balaban J connectivity index is 1.13. The van der Waals surface area contributed by atoms with E-state index in [-0.39, 0.29) is 5.41 Å². The van der Waals surface area contributed by atoms with E-state index in [1.54, 1.807) is 5.56 Å². The summed E-state index contributed by atoms with van der Waals surface area (Å²) >= 11 is 0. The molecule has 1 nitrogen and oxygen atoms in total. The molecule has 0 heterocycles. The van der Waals surface area contributed by atoms with Crippen LogP contribution in [0.15, 0.2) is 182 Å². The van der Waals surface area contributed by atoms with Crippen LogP contribution in [-0.4, -0.2) is 0 Å². The number of rotatable bonds is 7. The highest BCUT2D eigenvalue weighted by molar-refractivity contribution is 5.97. The van der Waals surface area contributed by atoms with E-state index in [0.717, 1.165) is 5.69 Å². The fourth-order valence-electron chi connectivity index (χ4n) is 9.78. The maximum Gasteiger partial charge on any atom is 0.0540 e. The van der Waals surface area contributed by atoms with Gasteiger partial charge in [-0.2, -0.15) is 0 Å². The Morgan fingerprint density at radius 2 is 1.00 bits per heavy atom. The average molecular weight is 722 g/mol. The van der Waals surface area contributed by atoms with Crippen LogP contribution in [0.2, 0.25) is 0 Å². The monoisotopic (exact) mass is 721 g/mol. The number of anilines is 3. The fraction of sp³-hybridized carbons (Fsp3) is 0.164. The van der Waals surface area contributed by atoms with Gasteiger partial charge in [0.05, 0.1) is 5.69 Å². The van der Waals surface area contributed by atoms with Crippen LogP contribution in [0.1, 0.15) is 68.6 Å². The van der Waals surface area contributed by atoms with Crippen LogP contribution in [-0.2, 0) is 5.41 Å². The van der Waals surface area contributed by atoms with E-state index in [2.05, 4.69) is 201 Å². The molecule has 56 heavy (non-hydrogen) atoms. The summed E-state index contributed by atoms with van der Waals surface area (Å²) in [5, 5.41) is 2.50. The van der Waals surface area contributed by atoms with Crippen molar-refractivity contribution in [3.63, 3.8) is 0 Å². The Hall–Kier alpha value is -6.18. The molecule has 8 aromatic rings. The summed E-state index contributed by atoms with van der Waals surface area (Å²) in [6, 6.07) is 67.6. The van der Waals surface area contributed by atoms with Gasteiger partial charge in [-0.25, -0.2) is 0 Å². The molecule has 0 spiro atoms. The highest BCUT2D eigenvalue weighted by Crippen LogP contribution is 2.54. The van der Waals surface area contributed by atoms with E-state index in [1.165, 1.54) is 110 Å². The zero-order valence-electron chi connectivity index (χ0n) is 32.4. The molecule has 1 fully saturated rings. The van der Waals surface area contributed by atoms with Crippen molar-refractivity contribution in [1.29, 1.82) is 0 Å². The summed E-state index contributed by atoms with van der Waals surface area (Å²) < 4.78 is 0. The number of hydrogen-bond donors (Lipinski definition) is 0. The first-order valence-corrected chi connectivity index (χ1v) is 20.5. The van der Waals surface area contributed by atoms with E-state index in [9.17, 15) is 0 Å². The normalized spacial score (nSPS) is 14.7. The minimum Gasteiger partial charge on any atom is -0.310 e. The molecule has 2 aliphatic carbocycles. The van der Waals surface area contributed by atoms with Crippen LogP contribution in [0.3, 0.4) is 0 Å². The molecule has 0 atom stereocenters. The molecule has 1 saturated carbocycles. The van der Waals surface area contributed by atoms with Crippen molar-refractivity contribution in [2.45, 2.75) is 57.3 Å². The summed E-state index contributed by atoms with van der Waals surface area (Å²) in [5.41, 5.74) is 18.1. The molecule has 0 unspecified atom stereocenters. The first kappa shape index (κ1) is 34.3. The van der Waals surface area contributed by atoms with Crippen molar-refractivity contribution >= 4 is 27.8 Å². The molecule has 8 aromatic carbocycles. The zero-order chi connectivity index (χ0) is 37.6. The number of nitrogens with zero attached hydrogens (tertiary/aromatic N) is 1. The first-order valence-electron chi connectivity index (χ1n) is 20.5. The van der Waals surface area contributed by atoms with Gasteiger partial charge in [0.1, 0.15) is 0 Å². The molecule has 272 valence electrons. The second-order valence-corrected chi connectivity index (χ2v) is 16.3. The number of para-hydroxylation sites is 1. The van der Waals surface area contributed by atoms with Crippen molar-refractivity contribution in [1.82, 2.24) is 0 Å². The molecular formula is C55H47N. The van der Waals surface area contributed by atoms with Crippen LogP contribution in [0.5, 0.6) is 0 Å². The van der Waals surface area contributed by atoms with Crippen molar-refractivity contribution in [2.24, 2.45) is 0 Å². The molecule has 0 aromatic heterocycles. The van der Waals surface area contributed by atoms with Gasteiger partial charge in [0.15, 0.2) is 0 Å². The molecule has 1 heteroatoms. The molecule has 10 rings (SSSR count). The third-order valence-corrected chi connectivity index (χ3v) is 12.7. The van der Waals surface area contributed by atoms with Gasteiger partial charge < -0.3 is 4.90 Å². The quantitative estimate of drug-likeness (QED) is 0.158. The molecule has 0 amide bonds. The lowest BCUT2D eigenvalue weighted by molar-refractivity contribution is 0.444. The summed E-state index contributed by atoms with van der Waals surface area (Å²) in [7, 11) is 0. The van der Waals surface area contributed by atoms with Crippen LogP contribution < -0.4 is 4.90 Å². The van der Waals surface area contributed by atoms with Crippen molar-refractivity contribution in [3.05, 3.63) is 199 Å². The maximum absolute atomic E-state index is 2.49. The number of hydrogen-bond acceptors (Lipinski definition) is 1. The molecular weight excluding hydrogens is 675 g/mol. The van der Waals surface area contributed by atoms with E-state index in [1.807, 2.05) is 0 Å². The average Bonchev–Trinajstić information content (AvgIpc) is 3.50. The van der Waals surface area contributed by atoms with Gasteiger partial charge in [-0.3, -0.25) is 0 Å². The highest BCUT2D eigenvalue weighted by Gasteiger charge is 2.38. The largest absolute Gasteiger partial charge is 0.310 e. The molecule has 2 aliphatic rings. The number of benzene rings is 8. The van der Waals surface area contributed by atoms with Gasteiger partial charge in [-0.1, -0.05) is 173 Å². The van der Waals surface area contributed by atoms with E-state index < -0.39 is 0 Å². The zero-order valence-corrected chi connectivity index (χ0v) is 32.4. The van der Waals surface area contributed by atoms with Crippen LogP contribution in [0.4, 0.5) is 17.1 Å². The third-order valence-electron chi connectivity index (χ3n) is 12.7. The fourth-order valence-corrected chi connectivity index (χ4v) is 9.78. The van der Waals surface area contributed by atoms with Crippen LogP contribution >= 0.6 is 0 Å². The SMILES string of the molecule is CC1(C)c2cc(N(c3ccc(-c4cc5ccccc5cc4-c4ccccc4)cc3)c3ccccc3-c3ccccc3)ccc2-c2c(C3CCCCC3)cccc21. The van der Waals surface area contributed by atoms with Crippen molar-refractivity contribution in [3.8, 4) is 44.5 Å². The molecule has 0 bridgehead atoms. The Morgan fingerprint density at radius 3 is 1.68 bits per heavy atom. The Morgan fingerprint density at radius 1 is 0.429 bits per heavy atom. The van der Waals surface area contributed by atoms with E-state index >= 15 is 0 Å². The van der Waals surface area contributed by atoms with Gasteiger partial charge in [-0.15, -0.1) is 0 Å². The predicted octanol–water partition coefficient (Wildman–Crippen LogP) is 15.7. The topological polar surface area (TPSA) is 3.24 Å². The summed E-state index contributed by atoms with van der Waals surface area (Å²) in [5.74, 6) is 0.651. The first-order chi connectivity index (χ1) is 27.5. The smallest absolute Gasteiger partial charge is 0.0540 e. The second kappa shape index (κ2) is 14.2. The Bertz CT molecular complexity index is 2680. The minimum atomic E-state index is -0.107. The minimum absolute atomic E-state index is 0.107. The molecule has 0 aliphatic heterocycles. The highest BCUT2D eigenvalue weighted by atomic mass is 15.1. The number of fused-ring (bicyclic) bond motifs is 4. The van der Waals surface area contributed by atoms with Gasteiger partial charge in [0.2, 0.25) is 0 Å². The van der Waals surface area contributed by atoms with Crippen LogP contribution in [0, 0.1) is 0 Å². The molecule has 0 N–H and O–H groups in total. The van der Waals surface area contributed by atoms with Gasteiger partial charge in [-0.05, 0) is 128 Å². The third kappa shape index (κ3) is 5.94. The van der Waals surface area contributed by atoms with Gasteiger partial charge in [0.25, 0.3) is 0 Å². The maximum atomic E-state index is 2.49. The standard InChI is InChI=1S/C55H47N/c1-55(2)51-27-16-26-47(39-19-8-4-9-20-39)54(51)48-34-33-45(37-52(48)55)56(53-28-15-14-25-46(53)38-17-6-3-7-18-38)44-31-29-41(30-32-44)50-36-43-24-13-12-23-42(43)35-49(50)40-21-10-5-11-22-40/h3,5-7,10-18,21-37,39H,4,8-9,19-20H2,1-2H3. The second-order valence-electron chi connectivity index (χ2n) is 16.3. The van der Waals surface area contributed by atoms with Gasteiger partial charge >= 0.3 is 0 Å². The summed E-state index contributed by atoms with van der Waals surface area (Å²) in [4.78, 5) is 2.48. The molecule has 0 saturated heterocycles. The van der Waals surface area contributed by atoms with Crippen molar-refractivity contribution in [2.75, 3.05) is 4.90 Å². The summed E-state index contributed by atoms with van der Waals surface area (Å²) in [6.07, 6.45) is 6.65. The van der Waals surface area contributed by atoms with Crippen molar-refractivity contribution < 1.29 is 0 Å². The predicted molar refractivity (Wildman–Crippen MR) is 238 cm³/mol. The Kier molecular flexibility index (Phi) is 8.67. The lowest BCUT2D eigenvalue weighted by Gasteiger charge is -2.30. The van der Waals surface area contributed by atoms with E-state index in [0.29, 0.717) is 5.92 Å². The van der Waals surface area contributed by atoms with Gasteiger partial charge in [0, 0.05) is 22.4 Å². The van der Waals surface area contributed by atoms with E-state index in [4.69, 9.17) is 0 Å². The molecule has 0 radical (unpaired) electrons. The lowest BCUT2D eigenvalue weighted by Crippen LogP contribution is -2.17.